The number of β-amino-alcohol motifs (C(OH)–C–C–N with tert-alkyl or cyclic N) is 1. The van der Waals surface area contributed by atoms with E-state index >= 15 is 0 Å². The van der Waals surface area contributed by atoms with Crippen LogP contribution in [-0.2, 0) is 0 Å². The van der Waals surface area contributed by atoms with E-state index in [0.717, 1.165) is 23.1 Å². The summed E-state index contributed by atoms with van der Waals surface area (Å²) >= 11 is 3.36. The largest absolute Gasteiger partial charge is 0.391 e. The monoisotopic (exact) mass is 257 g/mol. The van der Waals surface area contributed by atoms with Crippen LogP contribution in [0.4, 0.5) is 5.95 Å². The highest BCUT2D eigenvalue weighted by Gasteiger charge is 2.22. The molecule has 1 aliphatic rings. The third kappa shape index (κ3) is 1.88. The number of hydrogen-bond donors (Lipinski definition) is 1. The third-order valence-corrected chi connectivity index (χ3v) is 3.13. The van der Waals surface area contributed by atoms with Crippen molar-refractivity contribution in [2.45, 2.75) is 19.4 Å². The molecule has 2 heterocycles. The normalized spacial score (nSPS) is 21.6. The van der Waals surface area contributed by atoms with Crippen LogP contribution in [0.15, 0.2) is 10.7 Å². The van der Waals surface area contributed by atoms with Crippen molar-refractivity contribution in [2.24, 2.45) is 0 Å². The van der Waals surface area contributed by atoms with Gasteiger partial charge < -0.3 is 10.0 Å². The minimum atomic E-state index is -0.234. The number of hydrogen-bond acceptors (Lipinski definition) is 4. The summed E-state index contributed by atoms with van der Waals surface area (Å²) in [6, 6.07) is 0. The van der Waals surface area contributed by atoms with E-state index in [2.05, 4.69) is 25.9 Å². The zero-order chi connectivity index (χ0) is 10.1. The molecule has 1 fully saturated rings. The molecule has 1 aromatic rings. The number of aromatic nitrogens is 2. The molecule has 5 heteroatoms. The van der Waals surface area contributed by atoms with Gasteiger partial charge in [0.2, 0.25) is 5.95 Å². The van der Waals surface area contributed by atoms with Gasteiger partial charge in [0.05, 0.1) is 16.3 Å². The van der Waals surface area contributed by atoms with Gasteiger partial charge in [-0.25, -0.2) is 9.97 Å². The van der Waals surface area contributed by atoms with Crippen LogP contribution < -0.4 is 4.90 Å². The van der Waals surface area contributed by atoms with Crippen molar-refractivity contribution in [1.82, 2.24) is 9.97 Å². The van der Waals surface area contributed by atoms with Crippen molar-refractivity contribution in [3.63, 3.8) is 0 Å². The van der Waals surface area contributed by atoms with E-state index in [1.807, 2.05) is 11.8 Å². The maximum Gasteiger partial charge on any atom is 0.225 e. The van der Waals surface area contributed by atoms with Gasteiger partial charge in [0, 0.05) is 19.3 Å². The second-order valence-electron chi connectivity index (χ2n) is 3.49. The smallest absolute Gasteiger partial charge is 0.225 e. The minimum absolute atomic E-state index is 0.234. The predicted octanol–water partition coefficient (Wildman–Crippen LogP) is 1.12. The van der Waals surface area contributed by atoms with E-state index in [1.165, 1.54) is 0 Å². The Bertz CT molecular complexity index is 345. The van der Waals surface area contributed by atoms with Gasteiger partial charge >= 0.3 is 0 Å². The lowest BCUT2D eigenvalue weighted by Gasteiger charge is -2.15. The quantitative estimate of drug-likeness (QED) is 0.820. The van der Waals surface area contributed by atoms with Crippen molar-refractivity contribution in [3.8, 4) is 0 Å². The summed E-state index contributed by atoms with van der Waals surface area (Å²) in [4.78, 5) is 10.6. The molecule has 1 atom stereocenters. The van der Waals surface area contributed by atoms with Gasteiger partial charge in [-0.3, -0.25) is 0 Å². The van der Waals surface area contributed by atoms with Crippen LogP contribution in [-0.4, -0.2) is 34.3 Å². The molecule has 0 saturated carbocycles. The Morgan fingerprint density at radius 1 is 1.64 bits per heavy atom. The summed E-state index contributed by atoms with van der Waals surface area (Å²) in [5.41, 5.74) is 0.927. The average Bonchev–Trinajstić information content (AvgIpc) is 2.57. The van der Waals surface area contributed by atoms with Gasteiger partial charge in [0.25, 0.3) is 0 Å². The molecule has 76 valence electrons. The van der Waals surface area contributed by atoms with Crippen molar-refractivity contribution in [3.05, 3.63) is 16.4 Å². The summed E-state index contributed by atoms with van der Waals surface area (Å²) in [5, 5.41) is 9.38. The first-order chi connectivity index (χ1) is 6.66. The lowest BCUT2D eigenvalue weighted by molar-refractivity contribution is 0.198. The van der Waals surface area contributed by atoms with Crippen LogP contribution in [0.3, 0.4) is 0 Å². The Morgan fingerprint density at radius 3 is 3.00 bits per heavy atom. The van der Waals surface area contributed by atoms with Crippen LogP contribution >= 0.6 is 15.9 Å². The lowest BCUT2D eigenvalue weighted by atomic mass is 10.3. The zero-order valence-electron chi connectivity index (χ0n) is 7.94. The van der Waals surface area contributed by atoms with Crippen molar-refractivity contribution in [2.75, 3.05) is 18.0 Å². The second-order valence-corrected chi connectivity index (χ2v) is 4.35. The first kappa shape index (κ1) is 9.86. The molecular weight excluding hydrogens is 246 g/mol. The first-order valence-corrected chi connectivity index (χ1v) is 5.38. The molecule has 0 amide bonds. The Labute approximate surface area is 91.1 Å². The molecule has 0 aliphatic carbocycles. The summed E-state index contributed by atoms with van der Waals surface area (Å²) in [7, 11) is 0. The highest BCUT2D eigenvalue weighted by molar-refractivity contribution is 9.10. The molecular formula is C9H12BrN3O. The van der Waals surface area contributed by atoms with Crippen LogP contribution in [0.1, 0.15) is 12.1 Å². The molecule has 0 unspecified atom stereocenters. The molecule has 0 spiro atoms. The summed E-state index contributed by atoms with van der Waals surface area (Å²) in [6.07, 6.45) is 2.32. The Hall–Kier alpha value is -0.680. The number of nitrogens with zero attached hydrogens (tertiary/aromatic N) is 3. The molecule has 0 radical (unpaired) electrons. The summed E-state index contributed by atoms with van der Waals surface area (Å²) in [5.74, 6) is 0.710. The fourth-order valence-corrected chi connectivity index (χ4v) is 1.71. The van der Waals surface area contributed by atoms with E-state index in [4.69, 9.17) is 0 Å². The number of aryl methyl sites for hydroxylation is 1. The topological polar surface area (TPSA) is 49.2 Å². The van der Waals surface area contributed by atoms with E-state index in [9.17, 15) is 5.11 Å². The Balaban J connectivity index is 2.20. The Kier molecular flexibility index (Phi) is 2.69. The van der Waals surface area contributed by atoms with Gasteiger partial charge in [-0.1, -0.05) is 0 Å². The number of rotatable bonds is 1. The highest BCUT2D eigenvalue weighted by atomic mass is 79.9. The van der Waals surface area contributed by atoms with Crippen LogP contribution in [0.2, 0.25) is 0 Å². The molecule has 4 nitrogen and oxygen atoms in total. The molecule has 0 bridgehead atoms. The first-order valence-electron chi connectivity index (χ1n) is 4.59. The molecule has 0 aromatic carbocycles. The highest BCUT2D eigenvalue weighted by Crippen LogP contribution is 2.19. The van der Waals surface area contributed by atoms with Crippen molar-refractivity contribution < 1.29 is 5.11 Å². The van der Waals surface area contributed by atoms with Crippen LogP contribution in [0.5, 0.6) is 0 Å². The van der Waals surface area contributed by atoms with Gasteiger partial charge in [0.1, 0.15) is 0 Å². The number of halogens is 1. The minimum Gasteiger partial charge on any atom is -0.391 e. The van der Waals surface area contributed by atoms with Crippen LogP contribution in [0, 0.1) is 6.92 Å². The molecule has 1 saturated heterocycles. The Morgan fingerprint density at radius 2 is 2.43 bits per heavy atom. The van der Waals surface area contributed by atoms with Gasteiger partial charge in [-0.05, 0) is 29.3 Å². The maximum atomic E-state index is 9.38. The van der Waals surface area contributed by atoms with Crippen LogP contribution in [0.25, 0.3) is 0 Å². The second kappa shape index (κ2) is 3.82. The van der Waals surface area contributed by atoms with E-state index in [1.54, 1.807) is 6.20 Å². The number of aliphatic hydroxyl groups excluding tert-OH is 1. The fraction of sp³-hybridized carbons (Fsp3) is 0.556. The molecule has 1 N–H and O–H groups in total. The average molecular weight is 258 g/mol. The van der Waals surface area contributed by atoms with E-state index in [-0.39, 0.29) is 6.10 Å². The van der Waals surface area contributed by atoms with E-state index < -0.39 is 0 Å². The standard InChI is InChI=1S/C9H12BrN3O/c1-6-8(10)4-11-9(12-6)13-3-2-7(14)5-13/h4,7,14H,2-3,5H2,1H3/t7-/m1/s1. The molecule has 1 aromatic heterocycles. The van der Waals surface area contributed by atoms with Crippen molar-refractivity contribution >= 4 is 21.9 Å². The SMILES string of the molecule is Cc1nc(N2CC[C@@H](O)C2)ncc1Br. The predicted molar refractivity (Wildman–Crippen MR) is 57.3 cm³/mol. The fourth-order valence-electron chi connectivity index (χ4n) is 1.52. The maximum absolute atomic E-state index is 9.38. The summed E-state index contributed by atoms with van der Waals surface area (Å²) in [6.45, 7) is 3.41. The van der Waals surface area contributed by atoms with Gasteiger partial charge in [-0.2, -0.15) is 0 Å². The molecule has 1 aliphatic heterocycles. The molecule has 2 rings (SSSR count). The van der Waals surface area contributed by atoms with Gasteiger partial charge in [0.15, 0.2) is 0 Å². The van der Waals surface area contributed by atoms with Crippen molar-refractivity contribution in [1.29, 1.82) is 0 Å². The van der Waals surface area contributed by atoms with Gasteiger partial charge in [-0.15, -0.1) is 0 Å². The number of aliphatic hydroxyl groups is 1. The number of anilines is 1. The zero-order valence-corrected chi connectivity index (χ0v) is 9.53. The van der Waals surface area contributed by atoms with E-state index in [0.29, 0.717) is 12.5 Å². The third-order valence-electron chi connectivity index (χ3n) is 2.35. The molecule has 14 heavy (non-hydrogen) atoms. The summed E-state index contributed by atoms with van der Waals surface area (Å²) < 4.78 is 0.918. The lowest BCUT2D eigenvalue weighted by Crippen LogP contribution is -2.23.